The molecule has 0 saturated carbocycles. The van der Waals surface area contributed by atoms with Crippen molar-refractivity contribution in [2.75, 3.05) is 0 Å². The second kappa shape index (κ2) is 7.59. The first-order valence-corrected chi connectivity index (χ1v) is 9.25. The number of ether oxygens (including phenoxy) is 1. The van der Waals surface area contributed by atoms with Crippen molar-refractivity contribution in [2.24, 2.45) is 0 Å². The Morgan fingerprint density at radius 1 is 1.10 bits per heavy atom. The molecule has 0 spiro atoms. The molecular formula is C21H13ClF3N3O3. The predicted octanol–water partition coefficient (Wildman–Crippen LogP) is 6.10. The van der Waals surface area contributed by atoms with Gasteiger partial charge in [-0.25, -0.2) is 9.78 Å². The lowest BCUT2D eigenvalue weighted by Crippen LogP contribution is -2.04. The van der Waals surface area contributed by atoms with Gasteiger partial charge in [-0.05, 0) is 42.8 Å². The number of carboxylic acid groups (broad SMARTS) is 1. The molecule has 31 heavy (non-hydrogen) atoms. The maximum absolute atomic E-state index is 12.8. The van der Waals surface area contributed by atoms with Crippen molar-refractivity contribution in [1.82, 2.24) is 15.0 Å². The van der Waals surface area contributed by atoms with Gasteiger partial charge in [-0.3, -0.25) is 0 Å². The van der Waals surface area contributed by atoms with Crippen molar-refractivity contribution < 1.29 is 27.8 Å². The minimum absolute atomic E-state index is 0.0586. The fourth-order valence-corrected chi connectivity index (χ4v) is 3.23. The maximum Gasteiger partial charge on any atom is 0.416 e. The molecule has 0 bridgehead atoms. The van der Waals surface area contributed by atoms with Gasteiger partial charge < -0.3 is 14.8 Å². The van der Waals surface area contributed by atoms with Gasteiger partial charge in [-0.1, -0.05) is 29.8 Å². The predicted molar refractivity (Wildman–Crippen MR) is 108 cm³/mol. The summed E-state index contributed by atoms with van der Waals surface area (Å²) >= 11 is 6.27. The number of aryl methyl sites for hydroxylation is 1. The topological polar surface area (TPSA) is 88.1 Å². The normalized spacial score (nSPS) is 11.6. The summed E-state index contributed by atoms with van der Waals surface area (Å²) in [7, 11) is 0. The number of benzene rings is 2. The number of H-pyrrole nitrogens is 1. The van der Waals surface area contributed by atoms with Gasteiger partial charge in [-0.15, -0.1) is 0 Å². The average molecular weight is 448 g/mol. The molecule has 2 aromatic carbocycles. The summed E-state index contributed by atoms with van der Waals surface area (Å²) in [4.78, 5) is 22.7. The number of hydrogen-bond donors (Lipinski definition) is 2. The molecule has 0 aliphatic rings. The quantitative estimate of drug-likeness (QED) is 0.395. The third-order valence-electron chi connectivity index (χ3n) is 4.54. The number of nitrogens with zero attached hydrogens (tertiary/aromatic N) is 2. The van der Waals surface area contributed by atoms with E-state index in [1.165, 1.54) is 24.3 Å². The first kappa shape index (κ1) is 20.7. The van der Waals surface area contributed by atoms with E-state index in [2.05, 4.69) is 15.0 Å². The lowest BCUT2D eigenvalue weighted by molar-refractivity contribution is -0.137. The number of alkyl halides is 3. The smallest absolute Gasteiger partial charge is 0.416 e. The van der Waals surface area contributed by atoms with Crippen molar-refractivity contribution in [3.8, 4) is 23.0 Å². The van der Waals surface area contributed by atoms with Crippen molar-refractivity contribution in [3.63, 3.8) is 0 Å². The Hall–Kier alpha value is -3.59. The molecule has 2 aromatic heterocycles. The van der Waals surface area contributed by atoms with E-state index in [9.17, 15) is 23.1 Å². The van der Waals surface area contributed by atoms with Gasteiger partial charge in [0, 0.05) is 5.56 Å². The SMILES string of the molecule is Cc1ccc(Oc2nc3nc(-c4ccc(C(F)(F)F)cc4)c(Cl)cc3[nH]2)cc1C(=O)O. The van der Waals surface area contributed by atoms with Gasteiger partial charge in [0.05, 0.1) is 27.4 Å². The minimum atomic E-state index is -4.44. The highest BCUT2D eigenvalue weighted by atomic mass is 35.5. The van der Waals surface area contributed by atoms with Crippen LogP contribution in [0.2, 0.25) is 5.02 Å². The molecule has 0 unspecified atom stereocenters. The first-order valence-electron chi connectivity index (χ1n) is 8.87. The summed E-state index contributed by atoms with van der Waals surface area (Å²) in [6.07, 6.45) is -4.44. The lowest BCUT2D eigenvalue weighted by Gasteiger charge is -2.08. The number of nitrogens with one attached hydrogen (secondary N) is 1. The molecule has 0 aliphatic heterocycles. The summed E-state index contributed by atoms with van der Waals surface area (Å²) < 4.78 is 44.0. The fourth-order valence-electron chi connectivity index (χ4n) is 2.97. The van der Waals surface area contributed by atoms with Crippen LogP contribution in [0.4, 0.5) is 13.2 Å². The number of carboxylic acids is 1. The van der Waals surface area contributed by atoms with E-state index >= 15 is 0 Å². The fraction of sp³-hybridized carbons (Fsp3) is 0.0952. The van der Waals surface area contributed by atoms with Gasteiger partial charge >= 0.3 is 18.2 Å². The highest BCUT2D eigenvalue weighted by Crippen LogP contribution is 2.34. The molecule has 4 aromatic rings. The summed E-state index contributed by atoms with van der Waals surface area (Å²) in [5.74, 6) is -0.821. The largest absolute Gasteiger partial charge is 0.478 e. The van der Waals surface area contributed by atoms with Crippen LogP contribution < -0.4 is 4.74 Å². The molecule has 0 radical (unpaired) electrons. The van der Waals surface area contributed by atoms with Crippen LogP contribution in [0.1, 0.15) is 21.5 Å². The summed E-state index contributed by atoms with van der Waals surface area (Å²) in [5, 5.41) is 9.45. The minimum Gasteiger partial charge on any atom is -0.478 e. The van der Waals surface area contributed by atoms with Crippen LogP contribution in [-0.4, -0.2) is 26.0 Å². The second-order valence-electron chi connectivity index (χ2n) is 6.69. The molecule has 0 atom stereocenters. The number of imidazole rings is 1. The van der Waals surface area contributed by atoms with Crippen LogP contribution >= 0.6 is 11.6 Å². The monoisotopic (exact) mass is 447 g/mol. The Labute approximate surface area is 178 Å². The molecule has 2 heterocycles. The third kappa shape index (κ3) is 4.17. The van der Waals surface area contributed by atoms with E-state index in [0.717, 1.165) is 12.1 Å². The average Bonchev–Trinajstić information content (AvgIpc) is 3.09. The molecule has 2 N–H and O–H groups in total. The summed E-state index contributed by atoms with van der Waals surface area (Å²) in [5.41, 5.74) is 1.25. The van der Waals surface area contributed by atoms with Gasteiger partial charge in [0.25, 0.3) is 0 Å². The van der Waals surface area contributed by atoms with E-state index < -0.39 is 17.7 Å². The Bertz CT molecular complexity index is 1300. The molecule has 0 saturated heterocycles. The molecule has 0 amide bonds. The zero-order chi connectivity index (χ0) is 22.3. The molecular weight excluding hydrogens is 435 g/mol. The zero-order valence-corrected chi connectivity index (χ0v) is 16.5. The molecule has 0 fully saturated rings. The number of aromatic carboxylic acids is 1. The van der Waals surface area contributed by atoms with Gasteiger partial charge in [0.1, 0.15) is 5.75 Å². The third-order valence-corrected chi connectivity index (χ3v) is 4.83. The molecule has 4 rings (SSSR count). The van der Waals surface area contributed by atoms with Crippen molar-refractivity contribution >= 4 is 28.7 Å². The van der Waals surface area contributed by atoms with Crippen molar-refractivity contribution in [1.29, 1.82) is 0 Å². The van der Waals surface area contributed by atoms with Gasteiger partial charge in [-0.2, -0.15) is 18.2 Å². The van der Waals surface area contributed by atoms with Gasteiger partial charge in [0.2, 0.25) is 0 Å². The number of carbonyl (C=O) groups is 1. The van der Waals surface area contributed by atoms with E-state index in [0.29, 0.717) is 16.6 Å². The summed E-state index contributed by atoms with van der Waals surface area (Å²) in [6.45, 7) is 1.67. The van der Waals surface area contributed by atoms with E-state index in [1.807, 2.05) is 0 Å². The number of fused-ring (bicyclic) bond motifs is 1. The van der Waals surface area contributed by atoms with Crippen LogP contribution in [0.3, 0.4) is 0 Å². The van der Waals surface area contributed by atoms with Crippen LogP contribution in [0.15, 0.2) is 48.5 Å². The van der Waals surface area contributed by atoms with Crippen molar-refractivity contribution in [2.45, 2.75) is 13.1 Å². The van der Waals surface area contributed by atoms with E-state index in [-0.39, 0.29) is 33.7 Å². The summed E-state index contributed by atoms with van der Waals surface area (Å²) in [6, 6.07) is 10.7. The number of pyridine rings is 1. The van der Waals surface area contributed by atoms with Crippen molar-refractivity contribution in [3.05, 3.63) is 70.2 Å². The second-order valence-corrected chi connectivity index (χ2v) is 7.10. The number of halogens is 4. The van der Waals surface area contributed by atoms with Crippen LogP contribution in [0.25, 0.3) is 22.4 Å². The highest BCUT2D eigenvalue weighted by molar-refractivity contribution is 6.33. The van der Waals surface area contributed by atoms with Gasteiger partial charge in [0.15, 0.2) is 5.65 Å². The maximum atomic E-state index is 12.8. The standard InChI is InChI=1S/C21H13ClF3N3O3/c1-10-2-7-13(8-14(10)19(29)30)31-20-26-16-9-15(22)17(27-18(16)28-20)11-3-5-12(6-4-11)21(23,24)25/h2-9H,1H3,(H,29,30)(H,26,27,28). The van der Waals surface area contributed by atoms with E-state index in [4.69, 9.17) is 16.3 Å². The Morgan fingerprint density at radius 2 is 1.81 bits per heavy atom. The highest BCUT2D eigenvalue weighted by Gasteiger charge is 2.30. The number of rotatable bonds is 4. The Kier molecular flexibility index (Phi) is 5.06. The Morgan fingerprint density at radius 3 is 2.45 bits per heavy atom. The Balaban J connectivity index is 1.66. The van der Waals surface area contributed by atoms with Crippen LogP contribution in [-0.2, 0) is 6.18 Å². The van der Waals surface area contributed by atoms with Crippen LogP contribution in [0.5, 0.6) is 11.8 Å². The zero-order valence-electron chi connectivity index (χ0n) is 15.8. The number of aromatic amines is 1. The number of aromatic nitrogens is 3. The molecule has 10 heteroatoms. The number of hydrogen-bond acceptors (Lipinski definition) is 4. The first-order chi connectivity index (χ1) is 14.6. The van der Waals surface area contributed by atoms with Crippen LogP contribution in [0, 0.1) is 6.92 Å². The molecule has 0 aliphatic carbocycles. The van der Waals surface area contributed by atoms with E-state index in [1.54, 1.807) is 19.1 Å². The molecule has 158 valence electrons. The molecule has 6 nitrogen and oxygen atoms in total. The lowest BCUT2D eigenvalue weighted by atomic mass is 10.1.